The minimum Gasteiger partial charge on any atom is -0.469 e. The topological polar surface area (TPSA) is 101 Å². The number of hydrogen-bond acceptors (Lipinski definition) is 6. The van der Waals surface area contributed by atoms with Gasteiger partial charge in [-0.15, -0.1) is 0 Å². The van der Waals surface area contributed by atoms with Gasteiger partial charge in [-0.2, -0.15) is 5.26 Å². The maximum atomic E-state index is 14.5. The zero-order valence-electron chi connectivity index (χ0n) is 24.8. The Kier molecular flexibility index (Phi) is 5.04. The first kappa shape index (κ1) is 26.9. The molecular weight excluding hydrogens is 490 g/mol. The molecule has 0 aromatic rings. The molecule has 0 aliphatic heterocycles. The van der Waals surface area contributed by atoms with Crippen molar-refractivity contribution in [3.05, 3.63) is 11.6 Å². The van der Waals surface area contributed by atoms with Crippen LogP contribution in [0.4, 0.5) is 0 Å². The van der Waals surface area contributed by atoms with Crippen molar-refractivity contribution in [1.29, 1.82) is 5.26 Å². The van der Waals surface area contributed by atoms with Crippen molar-refractivity contribution in [2.45, 2.75) is 93.4 Å². The zero-order valence-corrected chi connectivity index (χ0v) is 24.8. The number of Topliss-reactive ketones (excluding diaryl/α,β-unsaturated/α-hetero) is 2. The Balaban J connectivity index is 1.53. The van der Waals surface area contributed by atoms with Gasteiger partial charge in [0.15, 0.2) is 11.6 Å². The molecular formula is C33H43NO5. The number of nitriles is 1. The van der Waals surface area contributed by atoms with Gasteiger partial charge in [0.1, 0.15) is 11.2 Å². The van der Waals surface area contributed by atoms with E-state index in [-0.39, 0.29) is 58.8 Å². The number of rotatable bonds is 1. The molecule has 0 aromatic heterocycles. The predicted octanol–water partition coefficient (Wildman–Crippen LogP) is 5.64. The third kappa shape index (κ3) is 2.74. The number of ketones is 3. The van der Waals surface area contributed by atoms with Gasteiger partial charge in [-0.3, -0.25) is 19.2 Å². The summed E-state index contributed by atoms with van der Waals surface area (Å²) in [4.78, 5) is 54.8. The summed E-state index contributed by atoms with van der Waals surface area (Å²) in [7, 11) is 1.39. The van der Waals surface area contributed by atoms with Crippen LogP contribution >= 0.6 is 0 Å². The number of hydrogen-bond donors (Lipinski definition) is 0. The van der Waals surface area contributed by atoms with Crippen LogP contribution in [0.1, 0.15) is 93.4 Å². The Hall–Kier alpha value is -2.29. The van der Waals surface area contributed by atoms with Crippen molar-refractivity contribution in [3.8, 4) is 6.07 Å². The lowest BCUT2D eigenvalue weighted by Gasteiger charge is -2.69. The highest BCUT2D eigenvalue weighted by Crippen LogP contribution is 2.81. The van der Waals surface area contributed by atoms with Gasteiger partial charge in [0, 0.05) is 23.2 Å². The van der Waals surface area contributed by atoms with Crippen molar-refractivity contribution in [2.24, 2.45) is 61.6 Å². The Bertz CT molecular complexity index is 1320. The third-order valence-electron chi connectivity index (χ3n) is 13.9. The van der Waals surface area contributed by atoms with E-state index in [1.165, 1.54) is 7.11 Å². The molecule has 0 radical (unpaired) electrons. The number of carbonyl (C=O) groups excluding carboxylic acids is 4. The third-order valence-corrected chi connectivity index (χ3v) is 13.9. The fraction of sp³-hybridized carbons (Fsp3) is 0.788. The number of methoxy groups -OCH3 is 1. The second-order valence-electron chi connectivity index (χ2n) is 15.9. The summed E-state index contributed by atoms with van der Waals surface area (Å²) in [5.41, 5.74) is -3.16. The largest absolute Gasteiger partial charge is 0.469 e. The van der Waals surface area contributed by atoms with Crippen molar-refractivity contribution >= 4 is 23.3 Å². The van der Waals surface area contributed by atoms with Crippen LogP contribution in [0.5, 0.6) is 0 Å². The van der Waals surface area contributed by atoms with Crippen LogP contribution in [-0.2, 0) is 23.9 Å². The summed E-state index contributed by atoms with van der Waals surface area (Å²) in [6, 6.07) is 2.43. The molecule has 0 spiro atoms. The molecule has 0 amide bonds. The number of ether oxygens (including phenoxy) is 1. The van der Waals surface area contributed by atoms with Crippen LogP contribution in [0.3, 0.4) is 0 Å². The lowest BCUT2D eigenvalue weighted by Crippen LogP contribution is -2.67. The Morgan fingerprint density at radius 1 is 0.974 bits per heavy atom. The van der Waals surface area contributed by atoms with E-state index in [2.05, 4.69) is 26.8 Å². The molecule has 0 aromatic carbocycles. The maximum absolute atomic E-state index is 14.5. The average Bonchev–Trinajstić information content (AvgIpc) is 3.62. The van der Waals surface area contributed by atoms with Crippen molar-refractivity contribution in [1.82, 2.24) is 0 Å². The van der Waals surface area contributed by atoms with Crippen LogP contribution in [0.25, 0.3) is 0 Å². The number of carbonyl (C=O) groups is 4. The molecule has 210 valence electrons. The lowest BCUT2D eigenvalue weighted by atomic mass is 9.33. The molecule has 0 heterocycles. The van der Waals surface area contributed by atoms with E-state index in [4.69, 9.17) is 4.74 Å². The van der Waals surface area contributed by atoms with Crippen LogP contribution < -0.4 is 0 Å². The molecule has 0 N–H and O–H groups in total. The van der Waals surface area contributed by atoms with Gasteiger partial charge in [-0.05, 0) is 78.6 Å². The van der Waals surface area contributed by atoms with Crippen molar-refractivity contribution in [2.75, 3.05) is 7.11 Å². The van der Waals surface area contributed by atoms with Gasteiger partial charge in [-0.25, -0.2) is 0 Å². The second kappa shape index (κ2) is 7.31. The molecule has 6 nitrogen and oxygen atoms in total. The average molecular weight is 534 g/mol. The molecule has 6 heteroatoms. The highest BCUT2D eigenvalue weighted by atomic mass is 16.5. The lowest BCUT2D eigenvalue weighted by molar-refractivity contribution is -0.194. The first-order valence-corrected chi connectivity index (χ1v) is 14.8. The molecule has 9 atom stereocenters. The highest BCUT2D eigenvalue weighted by Gasteiger charge is 2.80. The highest BCUT2D eigenvalue weighted by molar-refractivity contribution is 6.00. The molecule has 5 saturated carbocycles. The minimum absolute atomic E-state index is 0.0490. The van der Waals surface area contributed by atoms with E-state index >= 15 is 0 Å². The summed E-state index contributed by atoms with van der Waals surface area (Å²) in [6.07, 6.45) is 6.02. The number of nitrogens with zero attached hydrogens (tertiary/aromatic N) is 1. The van der Waals surface area contributed by atoms with Crippen LogP contribution in [0.15, 0.2) is 11.6 Å². The zero-order chi connectivity index (χ0) is 28.8. The molecule has 6 aliphatic rings. The summed E-state index contributed by atoms with van der Waals surface area (Å²) in [5.74, 6) is -0.806. The van der Waals surface area contributed by atoms with E-state index in [1.54, 1.807) is 0 Å². The fourth-order valence-corrected chi connectivity index (χ4v) is 11.4. The van der Waals surface area contributed by atoms with E-state index in [1.807, 2.05) is 33.8 Å². The number of fused-ring (bicyclic) bond motifs is 9. The van der Waals surface area contributed by atoms with E-state index in [0.29, 0.717) is 25.7 Å². The summed E-state index contributed by atoms with van der Waals surface area (Å²) in [5, 5.41) is 10.2. The molecule has 5 fully saturated rings. The predicted molar refractivity (Wildman–Crippen MR) is 144 cm³/mol. The van der Waals surface area contributed by atoms with E-state index in [9.17, 15) is 24.4 Å². The fourth-order valence-electron chi connectivity index (χ4n) is 11.4. The van der Waals surface area contributed by atoms with Crippen LogP contribution in [0.2, 0.25) is 0 Å². The van der Waals surface area contributed by atoms with Gasteiger partial charge in [-0.1, -0.05) is 54.0 Å². The summed E-state index contributed by atoms with van der Waals surface area (Å²) in [6.45, 7) is 14.7. The van der Waals surface area contributed by atoms with Gasteiger partial charge in [0.2, 0.25) is 0 Å². The maximum Gasteiger partial charge on any atom is 0.312 e. The Labute approximate surface area is 232 Å². The second-order valence-corrected chi connectivity index (χ2v) is 15.9. The van der Waals surface area contributed by atoms with Crippen LogP contribution in [-0.4, -0.2) is 30.4 Å². The van der Waals surface area contributed by atoms with Gasteiger partial charge in [0.05, 0.1) is 18.6 Å². The number of allylic oxidation sites excluding steroid dienone is 2. The smallest absolute Gasteiger partial charge is 0.312 e. The summed E-state index contributed by atoms with van der Waals surface area (Å²) < 4.78 is 5.33. The summed E-state index contributed by atoms with van der Waals surface area (Å²) >= 11 is 0. The first-order valence-electron chi connectivity index (χ1n) is 14.8. The normalized spacial score (nSPS) is 50.6. The molecule has 0 bridgehead atoms. The van der Waals surface area contributed by atoms with Crippen molar-refractivity contribution in [3.63, 3.8) is 0 Å². The molecule has 6 aliphatic carbocycles. The molecule has 0 saturated heterocycles. The Morgan fingerprint density at radius 3 is 2.26 bits per heavy atom. The standard InChI is InChI=1S/C33H43NO5/c1-27(2)14-18-24-19(35)13-21-29(5,30(24,6)11-12-32(18,16-23(27)36)26(38)39-8)10-9-20-28(3,4)25(37)33(17-34)15-22(33)31(20,21)7/h13,18,20,22,24H,9-12,14-16H2,1-8H3/t18-,20-,22+,24-,29+,30+,31-,32+,33-/m0/s1. The van der Waals surface area contributed by atoms with Gasteiger partial charge >= 0.3 is 5.97 Å². The quantitative estimate of drug-likeness (QED) is 0.405. The SMILES string of the molecule is COC(=O)[C@@]12CC[C@]3(C)[C@H](C(=O)C=C4[C@@]5(C)[C@H]6C[C@@]6(C#N)C(=O)C(C)(C)[C@@H]5CC[C@]43C)[C@@H]1CC(C)(C)C(=O)C2. The van der Waals surface area contributed by atoms with E-state index in [0.717, 1.165) is 18.4 Å². The minimum atomic E-state index is -0.963. The van der Waals surface area contributed by atoms with Crippen LogP contribution in [0, 0.1) is 72.9 Å². The monoisotopic (exact) mass is 533 g/mol. The number of esters is 1. The van der Waals surface area contributed by atoms with Crippen molar-refractivity contribution < 1.29 is 23.9 Å². The molecule has 6 rings (SSSR count). The molecule has 0 unspecified atom stereocenters. The molecule has 39 heavy (non-hydrogen) atoms. The van der Waals surface area contributed by atoms with Gasteiger partial charge < -0.3 is 4.74 Å². The van der Waals surface area contributed by atoms with Gasteiger partial charge in [0.25, 0.3) is 0 Å². The first-order chi connectivity index (χ1) is 17.9. The van der Waals surface area contributed by atoms with E-state index < -0.39 is 32.5 Å². The Morgan fingerprint density at radius 2 is 1.64 bits per heavy atom.